The Hall–Kier alpha value is -1.04. The zero-order chi connectivity index (χ0) is 12.8. The summed E-state index contributed by atoms with van der Waals surface area (Å²) in [5.74, 6) is 0. The van der Waals surface area contributed by atoms with Gasteiger partial charge >= 0.3 is 0 Å². The van der Waals surface area contributed by atoms with E-state index in [1.165, 1.54) is 10.6 Å². The van der Waals surface area contributed by atoms with E-state index in [1.54, 1.807) is 26.1 Å². The zero-order valence-corrected chi connectivity index (χ0v) is 11.1. The summed E-state index contributed by atoms with van der Waals surface area (Å²) < 4.78 is 16.9. The third-order valence-electron chi connectivity index (χ3n) is 2.48. The molecule has 0 N–H and O–H groups in total. The van der Waals surface area contributed by atoms with Gasteiger partial charge in [-0.05, 0) is 31.0 Å². The third kappa shape index (κ3) is 4.03. The molecule has 5 heteroatoms. The molecule has 0 radical (unpaired) electrons. The summed E-state index contributed by atoms with van der Waals surface area (Å²) in [6.07, 6.45) is 1.67. The molecule has 0 aromatic heterocycles. The molecular weight excluding hydrogens is 238 g/mol. The lowest BCUT2D eigenvalue weighted by atomic mass is 10.2. The standard InChI is InChI=1S/C12H17NO3S/c1-4-11-5-7-12(8-6-11)17(15)16-13(3)10(2)9-14/h5-10H,4H2,1-3H3. The number of carbonyl (C=O) groups is 1. The monoisotopic (exact) mass is 255 g/mol. The minimum Gasteiger partial charge on any atom is -0.302 e. The minimum absolute atomic E-state index is 0.422. The van der Waals surface area contributed by atoms with Crippen molar-refractivity contribution in [2.45, 2.75) is 31.2 Å². The predicted molar refractivity (Wildman–Crippen MR) is 66.6 cm³/mol. The molecule has 1 aromatic carbocycles. The van der Waals surface area contributed by atoms with Crippen LogP contribution in [0.2, 0.25) is 0 Å². The van der Waals surface area contributed by atoms with Gasteiger partial charge in [0.05, 0.1) is 10.9 Å². The van der Waals surface area contributed by atoms with E-state index in [0.717, 1.165) is 12.7 Å². The van der Waals surface area contributed by atoms with Gasteiger partial charge < -0.3 is 4.79 Å². The number of benzene rings is 1. The Morgan fingerprint density at radius 1 is 1.41 bits per heavy atom. The first-order valence-electron chi connectivity index (χ1n) is 5.45. The van der Waals surface area contributed by atoms with Gasteiger partial charge in [-0.25, -0.2) is 4.21 Å². The molecule has 0 heterocycles. The van der Waals surface area contributed by atoms with Crippen molar-refractivity contribution in [2.75, 3.05) is 7.05 Å². The van der Waals surface area contributed by atoms with Crippen LogP contribution < -0.4 is 0 Å². The second-order valence-corrected chi connectivity index (χ2v) is 4.82. The van der Waals surface area contributed by atoms with Crippen LogP contribution in [0, 0.1) is 0 Å². The fraction of sp³-hybridized carbons (Fsp3) is 0.417. The Labute approximate surface area is 104 Å². The molecule has 4 nitrogen and oxygen atoms in total. The number of hydrogen-bond donors (Lipinski definition) is 0. The molecule has 0 aliphatic heterocycles. The first kappa shape index (κ1) is 14.0. The summed E-state index contributed by atoms with van der Waals surface area (Å²) in [4.78, 5) is 11.1. The average Bonchev–Trinajstić information content (AvgIpc) is 2.37. The van der Waals surface area contributed by atoms with Gasteiger partial charge in [0.2, 0.25) is 11.1 Å². The van der Waals surface area contributed by atoms with E-state index in [0.29, 0.717) is 4.90 Å². The van der Waals surface area contributed by atoms with Crippen LogP contribution in [0.3, 0.4) is 0 Å². The molecule has 1 aromatic rings. The lowest BCUT2D eigenvalue weighted by molar-refractivity contribution is -0.122. The van der Waals surface area contributed by atoms with E-state index >= 15 is 0 Å². The van der Waals surface area contributed by atoms with Crippen LogP contribution in [-0.4, -0.2) is 28.6 Å². The van der Waals surface area contributed by atoms with E-state index in [2.05, 4.69) is 6.92 Å². The maximum absolute atomic E-state index is 11.8. The molecule has 0 amide bonds. The van der Waals surface area contributed by atoms with Crippen molar-refractivity contribution >= 4 is 17.4 Å². The molecule has 0 aliphatic rings. The first-order chi connectivity index (χ1) is 8.08. The van der Waals surface area contributed by atoms with Gasteiger partial charge in [-0.3, -0.25) is 0 Å². The van der Waals surface area contributed by atoms with Crippen molar-refractivity contribution in [3.8, 4) is 0 Å². The molecule has 0 saturated heterocycles. The molecule has 0 saturated carbocycles. The van der Waals surface area contributed by atoms with Crippen molar-refractivity contribution in [1.29, 1.82) is 0 Å². The molecule has 17 heavy (non-hydrogen) atoms. The summed E-state index contributed by atoms with van der Waals surface area (Å²) in [6.45, 7) is 3.73. The van der Waals surface area contributed by atoms with Crippen molar-refractivity contribution in [2.24, 2.45) is 0 Å². The average molecular weight is 255 g/mol. The Kier molecular flexibility index (Phi) is 5.47. The van der Waals surface area contributed by atoms with E-state index in [1.807, 2.05) is 12.1 Å². The molecule has 1 rings (SSSR count). The van der Waals surface area contributed by atoms with E-state index in [9.17, 15) is 9.00 Å². The van der Waals surface area contributed by atoms with Gasteiger partial charge in [-0.2, -0.15) is 9.35 Å². The van der Waals surface area contributed by atoms with E-state index < -0.39 is 17.1 Å². The largest absolute Gasteiger partial charge is 0.302 e. The number of hydroxylamine groups is 2. The van der Waals surface area contributed by atoms with Gasteiger partial charge in [0, 0.05) is 7.05 Å². The third-order valence-corrected chi connectivity index (χ3v) is 3.51. The van der Waals surface area contributed by atoms with Gasteiger partial charge in [-0.15, -0.1) is 0 Å². The minimum atomic E-state index is -1.58. The summed E-state index contributed by atoms with van der Waals surface area (Å²) in [7, 11) is 1.58. The molecule has 2 atom stereocenters. The quantitative estimate of drug-likeness (QED) is 0.573. The van der Waals surface area contributed by atoms with Crippen LogP contribution in [0.4, 0.5) is 0 Å². The highest BCUT2D eigenvalue weighted by atomic mass is 32.2. The van der Waals surface area contributed by atoms with Gasteiger partial charge in [0.15, 0.2) is 0 Å². The number of aryl methyl sites for hydroxylation is 1. The zero-order valence-electron chi connectivity index (χ0n) is 10.3. The Bertz CT molecular complexity index is 391. The summed E-state index contributed by atoms with van der Waals surface area (Å²) in [5.41, 5.74) is 1.18. The highest BCUT2D eigenvalue weighted by Crippen LogP contribution is 2.11. The SMILES string of the molecule is CCc1ccc(S(=O)ON(C)C(C)C=O)cc1. The fourth-order valence-corrected chi connectivity index (χ4v) is 1.93. The van der Waals surface area contributed by atoms with Crippen LogP contribution in [0.1, 0.15) is 19.4 Å². The van der Waals surface area contributed by atoms with Crippen LogP contribution in [0.25, 0.3) is 0 Å². The molecule has 0 spiro atoms. The lowest BCUT2D eigenvalue weighted by Gasteiger charge is -2.17. The molecule has 2 unspecified atom stereocenters. The van der Waals surface area contributed by atoms with E-state index in [4.69, 9.17) is 4.28 Å². The fourth-order valence-electron chi connectivity index (χ4n) is 1.14. The highest BCUT2D eigenvalue weighted by molar-refractivity contribution is 7.80. The van der Waals surface area contributed by atoms with Crippen molar-refractivity contribution in [3.05, 3.63) is 29.8 Å². The number of hydrogen-bond acceptors (Lipinski definition) is 4. The summed E-state index contributed by atoms with van der Waals surface area (Å²) >= 11 is -1.58. The van der Waals surface area contributed by atoms with Crippen molar-refractivity contribution < 1.29 is 13.3 Å². The molecular formula is C12H17NO3S. The summed E-state index contributed by atoms with van der Waals surface area (Å²) in [5, 5.41) is 1.29. The van der Waals surface area contributed by atoms with Gasteiger partial charge in [0.1, 0.15) is 6.29 Å². The van der Waals surface area contributed by atoms with Crippen LogP contribution in [0.15, 0.2) is 29.2 Å². The maximum atomic E-state index is 11.8. The van der Waals surface area contributed by atoms with E-state index in [-0.39, 0.29) is 0 Å². The number of aldehydes is 1. The van der Waals surface area contributed by atoms with Crippen molar-refractivity contribution in [3.63, 3.8) is 0 Å². The number of carbonyl (C=O) groups excluding carboxylic acids is 1. The second-order valence-electron chi connectivity index (χ2n) is 3.73. The van der Waals surface area contributed by atoms with Gasteiger partial charge in [-0.1, -0.05) is 19.1 Å². The number of likely N-dealkylation sites (N-methyl/N-ethyl adjacent to an activating group) is 1. The lowest BCUT2D eigenvalue weighted by Crippen LogP contribution is -2.31. The van der Waals surface area contributed by atoms with Crippen LogP contribution >= 0.6 is 0 Å². The van der Waals surface area contributed by atoms with Crippen molar-refractivity contribution in [1.82, 2.24) is 5.06 Å². The number of rotatable bonds is 6. The second kappa shape index (κ2) is 6.64. The first-order valence-corrected chi connectivity index (χ1v) is 6.53. The molecule has 0 aliphatic carbocycles. The van der Waals surface area contributed by atoms with Gasteiger partial charge in [0.25, 0.3) is 0 Å². The maximum Gasteiger partial charge on any atom is 0.206 e. The molecule has 94 valence electrons. The highest BCUT2D eigenvalue weighted by Gasteiger charge is 2.13. The van der Waals surface area contributed by atoms with Crippen LogP contribution in [-0.2, 0) is 26.6 Å². The molecule has 0 bridgehead atoms. The predicted octanol–water partition coefficient (Wildman–Crippen LogP) is 1.72. The number of nitrogens with zero attached hydrogens (tertiary/aromatic N) is 1. The Morgan fingerprint density at radius 3 is 2.47 bits per heavy atom. The normalized spacial score (nSPS) is 14.6. The Balaban J connectivity index is 2.66. The topological polar surface area (TPSA) is 46.6 Å². The summed E-state index contributed by atoms with van der Waals surface area (Å²) in [6, 6.07) is 6.95. The smallest absolute Gasteiger partial charge is 0.206 e. The van der Waals surface area contributed by atoms with Crippen LogP contribution in [0.5, 0.6) is 0 Å². The molecule has 0 fully saturated rings. The Morgan fingerprint density at radius 2 is 2.00 bits per heavy atom.